The van der Waals surface area contributed by atoms with E-state index in [4.69, 9.17) is 10.5 Å². The van der Waals surface area contributed by atoms with Gasteiger partial charge in [-0.1, -0.05) is 18.9 Å². The topological polar surface area (TPSA) is 35.2 Å². The molecule has 2 rings (SSSR count). The normalized spacial score (nSPS) is 16.3. The number of ether oxygens (including phenoxy) is 1. The molecule has 1 saturated carbocycles. The molecule has 1 aromatic carbocycles. The van der Waals surface area contributed by atoms with Gasteiger partial charge in [-0.3, -0.25) is 0 Å². The van der Waals surface area contributed by atoms with E-state index in [9.17, 15) is 0 Å². The average Bonchev–Trinajstić information content (AvgIpc) is 2.82. The van der Waals surface area contributed by atoms with Crippen molar-refractivity contribution in [2.24, 2.45) is 5.92 Å². The van der Waals surface area contributed by atoms with Gasteiger partial charge < -0.3 is 10.5 Å². The van der Waals surface area contributed by atoms with Crippen LogP contribution in [0.5, 0.6) is 5.75 Å². The summed E-state index contributed by atoms with van der Waals surface area (Å²) in [6.07, 6.45) is 5.72. The maximum atomic E-state index is 5.89. The fraction of sp³-hybridized carbons (Fsp3) is 0.571. The molecule has 17 heavy (non-hydrogen) atoms. The Morgan fingerprint density at radius 3 is 2.76 bits per heavy atom. The zero-order chi connectivity index (χ0) is 12.1. The molecule has 0 aliphatic heterocycles. The quantitative estimate of drug-likeness (QED) is 0.810. The number of anilines is 1. The van der Waals surface area contributed by atoms with Gasteiger partial charge in [-0.25, -0.2) is 0 Å². The number of methoxy groups -OCH3 is 1. The molecule has 0 bridgehead atoms. The van der Waals surface area contributed by atoms with E-state index in [1.54, 1.807) is 7.11 Å². The third-order valence-corrected chi connectivity index (χ3v) is 4.64. The molecule has 1 aliphatic carbocycles. The van der Waals surface area contributed by atoms with Gasteiger partial charge in [0, 0.05) is 5.75 Å². The number of nitrogen functional groups attached to an aromatic ring is 1. The van der Waals surface area contributed by atoms with Gasteiger partial charge in [0.15, 0.2) is 0 Å². The molecular weight excluding hydrogens is 230 g/mol. The Kier molecular flexibility index (Phi) is 4.60. The van der Waals surface area contributed by atoms with E-state index >= 15 is 0 Å². The highest BCUT2D eigenvalue weighted by Gasteiger charge is 2.14. The molecule has 0 spiro atoms. The van der Waals surface area contributed by atoms with Crippen molar-refractivity contribution in [2.45, 2.75) is 31.4 Å². The minimum Gasteiger partial charge on any atom is -0.495 e. The number of nitrogens with two attached hydrogens (primary N) is 1. The molecule has 0 unspecified atom stereocenters. The Balaban J connectivity index is 1.80. The van der Waals surface area contributed by atoms with Crippen LogP contribution in [0.1, 0.15) is 31.2 Å². The van der Waals surface area contributed by atoms with E-state index in [-0.39, 0.29) is 0 Å². The SMILES string of the molecule is COc1ccc(CSCC2CCCC2)cc1N. The van der Waals surface area contributed by atoms with Gasteiger partial charge >= 0.3 is 0 Å². The zero-order valence-electron chi connectivity index (χ0n) is 10.4. The van der Waals surface area contributed by atoms with E-state index in [2.05, 4.69) is 6.07 Å². The van der Waals surface area contributed by atoms with E-state index < -0.39 is 0 Å². The molecule has 0 radical (unpaired) electrons. The van der Waals surface area contributed by atoms with Gasteiger partial charge in [-0.05, 0) is 42.2 Å². The first-order valence-electron chi connectivity index (χ1n) is 6.29. The van der Waals surface area contributed by atoms with Crippen LogP contribution >= 0.6 is 11.8 Å². The molecule has 1 aromatic rings. The summed E-state index contributed by atoms with van der Waals surface area (Å²) >= 11 is 2.03. The minimum atomic E-state index is 0.742. The summed E-state index contributed by atoms with van der Waals surface area (Å²) in [4.78, 5) is 0. The van der Waals surface area contributed by atoms with Gasteiger partial charge in [-0.2, -0.15) is 11.8 Å². The van der Waals surface area contributed by atoms with Crippen molar-refractivity contribution in [3.63, 3.8) is 0 Å². The van der Waals surface area contributed by atoms with Crippen molar-refractivity contribution >= 4 is 17.4 Å². The minimum absolute atomic E-state index is 0.742. The van der Waals surface area contributed by atoms with E-state index in [0.29, 0.717) is 0 Å². The summed E-state index contributed by atoms with van der Waals surface area (Å²) in [5.41, 5.74) is 7.93. The number of rotatable bonds is 5. The van der Waals surface area contributed by atoms with Gasteiger partial charge in [0.2, 0.25) is 0 Å². The van der Waals surface area contributed by atoms with Crippen LogP contribution in [0, 0.1) is 5.92 Å². The first-order valence-corrected chi connectivity index (χ1v) is 7.45. The number of hydrogen-bond acceptors (Lipinski definition) is 3. The second kappa shape index (κ2) is 6.20. The highest BCUT2D eigenvalue weighted by atomic mass is 32.2. The van der Waals surface area contributed by atoms with Gasteiger partial charge in [0.05, 0.1) is 12.8 Å². The summed E-state index contributed by atoms with van der Waals surface area (Å²) in [5, 5.41) is 0. The molecule has 3 heteroatoms. The van der Waals surface area contributed by atoms with E-state index in [1.807, 2.05) is 23.9 Å². The van der Waals surface area contributed by atoms with Crippen LogP contribution in [0.2, 0.25) is 0 Å². The van der Waals surface area contributed by atoms with Crippen molar-refractivity contribution in [2.75, 3.05) is 18.6 Å². The second-order valence-corrected chi connectivity index (χ2v) is 5.77. The molecular formula is C14H21NOS. The predicted octanol–water partition coefficient (Wildman–Crippen LogP) is 3.70. The first kappa shape index (κ1) is 12.6. The molecule has 2 N–H and O–H groups in total. The molecule has 0 heterocycles. The van der Waals surface area contributed by atoms with E-state index in [1.165, 1.54) is 37.0 Å². The maximum Gasteiger partial charge on any atom is 0.141 e. The standard InChI is InChI=1S/C14H21NOS/c1-16-14-7-6-12(8-13(14)15)10-17-9-11-4-2-3-5-11/h6-8,11H,2-5,9-10,15H2,1H3. The molecule has 1 aliphatic rings. The number of benzene rings is 1. The highest BCUT2D eigenvalue weighted by molar-refractivity contribution is 7.98. The Bertz CT molecular complexity index is 361. The van der Waals surface area contributed by atoms with Crippen molar-refractivity contribution in [3.05, 3.63) is 23.8 Å². The smallest absolute Gasteiger partial charge is 0.141 e. The fourth-order valence-electron chi connectivity index (χ4n) is 2.39. The maximum absolute atomic E-state index is 5.89. The lowest BCUT2D eigenvalue weighted by atomic mass is 10.1. The number of thioether (sulfide) groups is 1. The molecule has 0 aromatic heterocycles. The average molecular weight is 251 g/mol. The monoisotopic (exact) mass is 251 g/mol. The van der Waals surface area contributed by atoms with Crippen LogP contribution in [0.15, 0.2) is 18.2 Å². The summed E-state index contributed by atoms with van der Waals surface area (Å²) in [7, 11) is 1.65. The zero-order valence-corrected chi connectivity index (χ0v) is 11.3. The Morgan fingerprint density at radius 2 is 2.12 bits per heavy atom. The van der Waals surface area contributed by atoms with E-state index in [0.717, 1.165) is 23.1 Å². The molecule has 2 nitrogen and oxygen atoms in total. The van der Waals surface area contributed by atoms with Gasteiger partial charge in [-0.15, -0.1) is 0 Å². The third-order valence-electron chi connectivity index (χ3n) is 3.39. The Hall–Kier alpha value is -0.830. The van der Waals surface area contributed by atoms with Gasteiger partial charge in [0.25, 0.3) is 0 Å². The van der Waals surface area contributed by atoms with Crippen LogP contribution in [0.3, 0.4) is 0 Å². The summed E-state index contributed by atoms with van der Waals surface area (Å²) in [5.74, 6) is 4.08. The lowest BCUT2D eigenvalue weighted by Gasteiger charge is -2.09. The first-order chi connectivity index (χ1) is 8.29. The van der Waals surface area contributed by atoms with Crippen LogP contribution in [0.25, 0.3) is 0 Å². The third kappa shape index (κ3) is 3.56. The van der Waals surface area contributed by atoms with Crippen molar-refractivity contribution in [3.8, 4) is 5.75 Å². The Labute approximate surface area is 108 Å². The summed E-state index contributed by atoms with van der Waals surface area (Å²) in [6, 6.07) is 6.10. The second-order valence-electron chi connectivity index (χ2n) is 4.74. The highest BCUT2D eigenvalue weighted by Crippen LogP contribution is 2.30. The van der Waals surface area contributed by atoms with Crippen LogP contribution in [0.4, 0.5) is 5.69 Å². The summed E-state index contributed by atoms with van der Waals surface area (Å²) in [6.45, 7) is 0. The molecule has 0 amide bonds. The molecule has 0 atom stereocenters. The van der Waals surface area contributed by atoms with Crippen LogP contribution < -0.4 is 10.5 Å². The lowest BCUT2D eigenvalue weighted by Crippen LogP contribution is -1.98. The van der Waals surface area contributed by atoms with Crippen LogP contribution in [-0.4, -0.2) is 12.9 Å². The van der Waals surface area contributed by atoms with Gasteiger partial charge in [0.1, 0.15) is 5.75 Å². The molecule has 0 saturated heterocycles. The fourth-order valence-corrected chi connectivity index (χ4v) is 3.59. The van der Waals surface area contributed by atoms with Crippen LogP contribution in [-0.2, 0) is 5.75 Å². The number of hydrogen-bond donors (Lipinski definition) is 1. The summed E-state index contributed by atoms with van der Waals surface area (Å²) < 4.78 is 5.15. The molecule has 1 fully saturated rings. The predicted molar refractivity (Wildman–Crippen MR) is 75.5 cm³/mol. The Morgan fingerprint density at radius 1 is 1.35 bits per heavy atom. The van der Waals surface area contributed by atoms with Crippen molar-refractivity contribution in [1.82, 2.24) is 0 Å². The largest absolute Gasteiger partial charge is 0.495 e. The lowest BCUT2D eigenvalue weighted by molar-refractivity contribution is 0.417. The van der Waals surface area contributed by atoms with Crippen molar-refractivity contribution in [1.29, 1.82) is 0 Å². The molecule has 94 valence electrons. The van der Waals surface area contributed by atoms with Crippen molar-refractivity contribution < 1.29 is 4.74 Å².